The molecule has 2 heterocycles. The molecule has 3 rings (SSSR count). The Bertz CT molecular complexity index is 852. The molecule has 1 saturated heterocycles. The van der Waals surface area contributed by atoms with Gasteiger partial charge in [-0.3, -0.25) is 0 Å². The van der Waals surface area contributed by atoms with Crippen molar-refractivity contribution in [1.29, 1.82) is 0 Å². The van der Waals surface area contributed by atoms with Gasteiger partial charge in [0.05, 0.1) is 23.3 Å². The predicted octanol–water partition coefficient (Wildman–Crippen LogP) is 0.574. The van der Waals surface area contributed by atoms with Crippen molar-refractivity contribution >= 4 is 34.5 Å². The zero-order chi connectivity index (χ0) is 16.8. The number of amides is 3. The number of benzene rings is 1. The van der Waals surface area contributed by atoms with Crippen LogP contribution in [0.15, 0.2) is 30.3 Å². The molecule has 1 aromatic carbocycles. The van der Waals surface area contributed by atoms with Crippen LogP contribution in [0.3, 0.4) is 0 Å². The maximum Gasteiger partial charge on any atom is 0.465 e. The Morgan fingerprint density at radius 3 is 2.74 bits per heavy atom. The molecule has 2 atom stereocenters. The Balaban J connectivity index is 2.06. The van der Waals surface area contributed by atoms with Gasteiger partial charge >= 0.3 is 17.9 Å². The molecular formula is C14H13N4O5+. The number of fused-ring (bicyclic) bond motifs is 1. The molecule has 1 aromatic heterocycles. The molecule has 118 valence electrons. The van der Waals surface area contributed by atoms with Gasteiger partial charge < -0.3 is 11.5 Å². The van der Waals surface area contributed by atoms with Crippen molar-refractivity contribution in [3.63, 3.8) is 0 Å². The molecule has 1 aliphatic rings. The van der Waals surface area contributed by atoms with Crippen molar-refractivity contribution in [1.82, 2.24) is 4.98 Å². The van der Waals surface area contributed by atoms with Crippen LogP contribution in [0.25, 0.3) is 10.9 Å². The van der Waals surface area contributed by atoms with Gasteiger partial charge in [0, 0.05) is 5.39 Å². The molecule has 0 radical (unpaired) electrons. The normalized spacial score (nSPS) is 24.1. The number of primary amides is 1. The number of nitrogens with two attached hydrogens (primary N) is 2. The lowest BCUT2D eigenvalue weighted by molar-refractivity contribution is -1.12. The number of rotatable bonds is 2. The topological polar surface area (TPSA) is 146 Å². The van der Waals surface area contributed by atoms with Crippen LogP contribution in [0, 0.1) is 0 Å². The first-order valence-electron chi connectivity index (χ1n) is 6.66. The number of carbonyl (C=O) groups is 3. The molecule has 9 heteroatoms. The Morgan fingerprint density at radius 1 is 1.35 bits per heavy atom. The van der Waals surface area contributed by atoms with E-state index in [1.54, 1.807) is 24.3 Å². The minimum Gasteiger partial charge on any atom is -0.397 e. The number of imide groups is 1. The van der Waals surface area contributed by atoms with Crippen LogP contribution in [-0.4, -0.2) is 32.9 Å². The molecule has 0 saturated carbocycles. The summed E-state index contributed by atoms with van der Waals surface area (Å²) in [6, 6.07) is 8.71. The van der Waals surface area contributed by atoms with Crippen LogP contribution in [0.2, 0.25) is 0 Å². The molecule has 0 aliphatic carbocycles. The lowest BCUT2D eigenvalue weighted by Crippen LogP contribution is -2.52. The Labute approximate surface area is 129 Å². The van der Waals surface area contributed by atoms with Crippen LogP contribution in [0.4, 0.5) is 10.5 Å². The third kappa shape index (κ3) is 2.28. The molecule has 0 spiro atoms. The highest BCUT2D eigenvalue weighted by Crippen LogP contribution is 2.36. The van der Waals surface area contributed by atoms with Gasteiger partial charge in [-0.2, -0.15) is 5.21 Å². The molecule has 0 bridgehead atoms. The number of quaternary nitrogens is 1. The van der Waals surface area contributed by atoms with Gasteiger partial charge in [0.1, 0.15) is 10.7 Å². The maximum atomic E-state index is 12.3. The summed E-state index contributed by atoms with van der Waals surface area (Å²) in [5.41, 5.74) is 11.6. The van der Waals surface area contributed by atoms with Crippen LogP contribution < -0.4 is 11.5 Å². The van der Waals surface area contributed by atoms with Crippen LogP contribution in [0.5, 0.6) is 0 Å². The first kappa shape index (κ1) is 14.9. The quantitative estimate of drug-likeness (QED) is 0.417. The monoisotopic (exact) mass is 317 g/mol. The summed E-state index contributed by atoms with van der Waals surface area (Å²) in [7, 11) is 0. The third-order valence-electron chi connectivity index (χ3n) is 3.65. The number of hydrogen-bond acceptors (Lipinski definition) is 7. The lowest BCUT2D eigenvalue weighted by atomic mass is 10.0. The molecule has 9 nitrogen and oxygen atoms in total. The average Bonchev–Trinajstić information content (AvgIpc) is 2.70. The second kappa shape index (κ2) is 5.00. The van der Waals surface area contributed by atoms with Gasteiger partial charge in [-0.05, 0) is 12.1 Å². The van der Waals surface area contributed by atoms with Gasteiger partial charge in [0.25, 0.3) is 0 Å². The summed E-state index contributed by atoms with van der Waals surface area (Å²) in [6.45, 7) is 0. The Morgan fingerprint density at radius 2 is 2.04 bits per heavy atom. The number of nitrogen functional groups attached to an aromatic ring is 1. The smallest absolute Gasteiger partial charge is 0.397 e. The number of carbonyl (C=O) groups excluding carboxylic acids is 3. The molecule has 5 N–H and O–H groups in total. The van der Waals surface area contributed by atoms with Crippen molar-refractivity contribution in [3.8, 4) is 0 Å². The van der Waals surface area contributed by atoms with Crippen LogP contribution in [0.1, 0.15) is 18.0 Å². The standard InChI is InChI=1S/C14H12N4O5/c15-9-5-7-3-1-2-4-10(7)17-12(9)8-6-11(19)18(22,13(8)20)23-14(16)21/h1-5,8,22H,6,15H2,(H-,16,21)/p+1. The van der Waals surface area contributed by atoms with Gasteiger partial charge in [0.15, 0.2) is 0 Å². The summed E-state index contributed by atoms with van der Waals surface area (Å²) in [4.78, 5) is 41.5. The van der Waals surface area contributed by atoms with E-state index >= 15 is 0 Å². The largest absolute Gasteiger partial charge is 0.465 e. The molecule has 1 aliphatic heterocycles. The fourth-order valence-corrected chi connectivity index (χ4v) is 2.59. The SMILES string of the molecule is NC(=O)O[N+]1(O)C(=O)CC(c2nc3ccccc3cc2N)C1=O. The van der Waals surface area contributed by atoms with Gasteiger partial charge in [-0.25, -0.2) is 24.2 Å². The Kier molecular flexibility index (Phi) is 3.24. The van der Waals surface area contributed by atoms with E-state index in [1.807, 2.05) is 6.07 Å². The summed E-state index contributed by atoms with van der Waals surface area (Å²) >= 11 is 0. The highest BCUT2D eigenvalue weighted by Gasteiger charge is 2.62. The summed E-state index contributed by atoms with van der Waals surface area (Å²) < 4.78 is 0. The van der Waals surface area contributed by atoms with E-state index in [-0.39, 0.29) is 11.4 Å². The fourth-order valence-electron chi connectivity index (χ4n) is 2.59. The van der Waals surface area contributed by atoms with Crippen molar-refractivity contribution in [2.45, 2.75) is 12.3 Å². The molecule has 1 fully saturated rings. The third-order valence-corrected chi connectivity index (χ3v) is 3.65. The zero-order valence-corrected chi connectivity index (χ0v) is 11.8. The van der Waals surface area contributed by atoms with Crippen molar-refractivity contribution in [3.05, 3.63) is 36.0 Å². The number of pyridine rings is 1. The van der Waals surface area contributed by atoms with E-state index in [4.69, 9.17) is 11.5 Å². The number of nitrogens with zero attached hydrogens (tertiary/aromatic N) is 2. The predicted molar refractivity (Wildman–Crippen MR) is 76.2 cm³/mol. The Hall–Kier alpha value is -3.04. The van der Waals surface area contributed by atoms with Gasteiger partial charge in [0.2, 0.25) is 0 Å². The number of hydrogen-bond donors (Lipinski definition) is 3. The summed E-state index contributed by atoms with van der Waals surface area (Å²) in [5.74, 6) is -3.21. The number of hydroxylamine groups is 4. The van der Waals surface area contributed by atoms with Gasteiger partial charge in [-0.1, -0.05) is 18.2 Å². The summed E-state index contributed by atoms with van der Waals surface area (Å²) in [5, 5.41) is 10.7. The van der Waals surface area contributed by atoms with Crippen molar-refractivity contribution in [2.75, 3.05) is 5.73 Å². The van der Waals surface area contributed by atoms with Crippen molar-refractivity contribution < 1.29 is 29.2 Å². The van der Waals surface area contributed by atoms with Crippen LogP contribution in [-0.2, 0) is 14.4 Å². The first-order valence-corrected chi connectivity index (χ1v) is 6.66. The maximum absolute atomic E-state index is 12.3. The van der Waals surface area contributed by atoms with E-state index in [1.165, 1.54) is 0 Å². The second-order valence-electron chi connectivity index (χ2n) is 5.13. The molecular weight excluding hydrogens is 304 g/mol. The minimum absolute atomic E-state index is 0.143. The fraction of sp³-hybridized carbons (Fsp3) is 0.143. The highest BCUT2D eigenvalue weighted by atomic mass is 17.0. The average molecular weight is 317 g/mol. The number of para-hydroxylation sites is 1. The van der Waals surface area contributed by atoms with E-state index < -0.39 is 35.1 Å². The summed E-state index contributed by atoms with van der Waals surface area (Å²) in [6.07, 6.45) is -1.85. The van der Waals surface area contributed by atoms with Gasteiger partial charge in [-0.15, -0.1) is 0 Å². The van der Waals surface area contributed by atoms with E-state index in [0.717, 1.165) is 5.39 Å². The van der Waals surface area contributed by atoms with E-state index in [0.29, 0.717) is 5.52 Å². The van der Waals surface area contributed by atoms with E-state index in [9.17, 15) is 19.6 Å². The molecule has 3 amide bonds. The highest BCUT2D eigenvalue weighted by molar-refractivity contribution is 5.97. The zero-order valence-electron chi connectivity index (χ0n) is 11.8. The van der Waals surface area contributed by atoms with E-state index in [2.05, 4.69) is 9.82 Å². The first-order chi connectivity index (χ1) is 10.8. The molecule has 2 aromatic rings. The lowest BCUT2D eigenvalue weighted by Gasteiger charge is -2.15. The second-order valence-corrected chi connectivity index (χ2v) is 5.13. The molecule has 23 heavy (non-hydrogen) atoms. The van der Waals surface area contributed by atoms with Crippen LogP contribution >= 0.6 is 0 Å². The number of aromatic nitrogens is 1. The minimum atomic E-state index is -2.13. The van der Waals surface area contributed by atoms with Crippen molar-refractivity contribution in [2.24, 2.45) is 5.73 Å². The number of anilines is 1. The molecule has 2 unspecified atom stereocenters.